The van der Waals surface area contributed by atoms with Gasteiger partial charge >= 0.3 is 5.63 Å². The molecule has 0 aliphatic carbocycles. The Morgan fingerprint density at radius 1 is 1.19 bits per heavy atom. The molecule has 4 nitrogen and oxygen atoms in total. The molecule has 1 heterocycles. The van der Waals surface area contributed by atoms with Crippen molar-refractivity contribution in [2.45, 2.75) is 20.8 Å². The molecule has 21 heavy (non-hydrogen) atoms. The fraction of sp³-hybridized carbons (Fsp3) is 0.176. The van der Waals surface area contributed by atoms with Crippen molar-refractivity contribution < 1.29 is 14.3 Å². The van der Waals surface area contributed by atoms with Crippen LogP contribution in [0, 0.1) is 20.8 Å². The summed E-state index contributed by atoms with van der Waals surface area (Å²) in [6, 6.07) is 7.13. The predicted octanol–water partition coefficient (Wildman–Crippen LogP) is 3.17. The second-order valence-electron chi connectivity index (χ2n) is 4.96. The minimum atomic E-state index is -0.830. The van der Waals surface area contributed by atoms with Gasteiger partial charge in [-0.05, 0) is 38.0 Å². The van der Waals surface area contributed by atoms with E-state index in [0.717, 1.165) is 16.7 Å². The number of allylic oxidation sites excluding steroid dienone is 1. The molecule has 1 aromatic carbocycles. The molecule has 0 aliphatic rings. The highest BCUT2D eigenvalue weighted by molar-refractivity contribution is 6.08. The molecule has 0 amide bonds. The molecule has 4 heteroatoms. The lowest BCUT2D eigenvalue weighted by Crippen LogP contribution is -2.12. The minimum Gasteiger partial charge on any atom is -0.507 e. The molecule has 0 atom stereocenters. The molecule has 0 saturated heterocycles. The van der Waals surface area contributed by atoms with Gasteiger partial charge in [0.15, 0.2) is 5.78 Å². The van der Waals surface area contributed by atoms with E-state index < -0.39 is 11.4 Å². The largest absolute Gasteiger partial charge is 0.507 e. The van der Waals surface area contributed by atoms with Gasteiger partial charge in [-0.2, -0.15) is 0 Å². The SMILES string of the molecule is Cc1ccc(C)c(/C=C/C(=O)c2c(O)cc(C)oc2=O)c1. The van der Waals surface area contributed by atoms with Crippen LogP contribution in [-0.2, 0) is 0 Å². The molecule has 0 aliphatic heterocycles. The summed E-state index contributed by atoms with van der Waals surface area (Å²) in [7, 11) is 0. The molecule has 108 valence electrons. The van der Waals surface area contributed by atoms with Crippen molar-refractivity contribution in [3.8, 4) is 5.75 Å². The van der Waals surface area contributed by atoms with Crippen LogP contribution in [-0.4, -0.2) is 10.9 Å². The molecule has 0 unspecified atom stereocenters. The first-order valence-electron chi connectivity index (χ1n) is 6.52. The first-order chi connectivity index (χ1) is 9.88. The van der Waals surface area contributed by atoms with Crippen molar-refractivity contribution in [1.29, 1.82) is 0 Å². The van der Waals surface area contributed by atoms with Crippen molar-refractivity contribution in [2.75, 3.05) is 0 Å². The van der Waals surface area contributed by atoms with Crippen molar-refractivity contribution in [3.05, 3.63) is 68.8 Å². The van der Waals surface area contributed by atoms with Gasteiger partial charge in [0, 0.05) is 6.07 Å². The lowest BCUT2D eigenvalue weighted by Gasteiger charge is -2.02. The zero-order chi connectivity index (χ0) is 15.6. The average molecular weight is 284 g/mol. The van der Waals surface area contributed by atoms with E-state index in [-0.39, 0.29) is 17.1 Å². The van der Waals surface area contributed by atoms with Crippen molar-refractivity contribution in [2.24, 2.45) is 0 Å². The van der Waals surface area contributed by atoms with E-state index in [2.05, 4.69) is 0 Å². The molecule has 0 spiro atoms. The highest BCUT2D eigenvalue weighted by atomic mass is 16.4. The van der Waals surface area contributed by atoms with Crippen LogP contribution in [0.5, 0.6) is 5.75 Å². The number of ketones is 1. The lowest BCUT2D eigenvalue weighted by molar-refractivity contribution is 0.104. The second-order valence-corrected chi connectivity index (χ2v) is 4.96. The molecule has 2 rings (SSSR count). The molecule has 0 saturated carbocycles. The van der Waals surface area contributed by atoms with Gasteiger partial charge < -0.3 is 9.52 Å². The summed E-state index contributed by atoms with van der Waals surface area (Å²) in [4.78, 5) is 23.7. The summed E-state index contributed by atoms with van der Waals surface area (Å²) in [6.45, 7) is 5.42. The van der Waals surface area contributed by atoms with Crippen LogP contribution < -0.4 is 5.63 Å². The van der Waals surface area contributed by atoms with Gasteiger partial charge in [-0.3, -0.25) is 4.79 Å². The van der Waals surface area contributed by atoms with E-state index >= 15 is 0 Å². The van der Waals surface area contributed by atoms with Crippen LogP contribution in [0.25, 0.3) is 6.08 Å². The maximum atomic E-state index is 12.1. The predicted molar refractivity (Wildman–Crippen MR) is 80.7 cm³/mol. The van der Waals surface area contributed by atoms with Crippen LogP contribution >= 0.6 is 0 Å². The molecule has 0 radical (unpaired) electrons. The normalized spacial score (nSPS) is 11.0. The Morgan fingerprint density at radius 3 is 2.57 bits per heavy atom. The maximum absolute atomic E-state index is 12.1. The zero-order valence-electron chi connectivity index (χ0n) is 12.1. The monoisotopic (exact) mass is 284 g/mol. The Kier molecular flexibility index (Phi) is 4.08. The van der Waals surface area contributed by atoms with Gasteiger partial charge in [-0.1, -0.05) is 29.8 Å². The summed E-state index contributed by atoms with van der Waals surface area (Å²) >= 11 is 0. The number of hydrogen-bond acceptors (Lipinski definition) is 4. The smallest absolute Gasteiger partial charge is 0.351 e. The number of hydrogen-bond donors (Lipinski definition) is 1. The van der Waals surface area contributed by atoms with E-state index in [4.69, 9.17) is 4.42 Å². The number of benzene rings is 1. The van der Waals surface area contributed by atoms with E-state index in [1.807, 2.05) is 32.0 Å². The molecule has 0 bridgehead atoms. The number of rotatable bonds is 3. The highest BCUT2D eigenvalue weighted by Crippen LogP contribution is 2.17. The summed E-state index contributed by atoms with van der Waals surface area (Å²) in [5, 5.41) is 9.72. The zero-order valence-corrected chi connectivity index (χ0v) is 12.1. The summed E-state index contributed by atoms with van der Waals surface area (Å²) in [6.07, 6.45) is 2.90. The van der Waals surface area contributed by atoms with E-state index in [0.29, 0.717) is 0 Å². The number of aromatic hydroxyl groups is 1. The molecular formula is C17H16O4. The average Bonchev–Trinajstić information content (AvgIpc) is 2.38. The minimum absolute atomic E-state index is 0.257. The van der Waals surface area contributed by atoms with E-state index in [1.165, 1.54) is 19.1 Å². The van der Waals surface area contributed by atoms with Gasteiger partial charge in [0.25, 0.3) is 0 Å². The lowest BCUT2D eigenvalue weighted by atomic mass is 10.0. The molecule has 2 aromatic rings. The molecule has 1 aromatic heterocycles. The molecule has 0 fully saturated rings. The van der Waals surface area contributed by atoms with Gasteiger partial charge in [-0.15, -0.1) is 0 Å². The van der Waals surface area contributed by atoms with Crippen LogP contribution in [0.2, 0.25) is 0 Å². The highest BCUT2D eigenvalue weighted by Gasteiger charge is 2.15. The first-order valence-corrected chi connectivity index (χ1v) is 6.52. The van der Waals surface area contributed by atoms with Crippen LogP contribution in [0.4, 0.5) is 0 Å². The fourth-order valence-electron chi connectivity index (χ4n) is 2.01. The number of carbonyl (C=O) groups excluding carboxylic acids is 1. The van der Waals surface area contributed by atoms with Crippen LogP contribution in [0.3, 0.4) is 0 Å². The first kappa shape index (κ1) is 14.8. The van der Waals surface area contributed by atoms with E-state index in [9.17, 15) is 14.7 Å². The van der Waals surface area contributed by atoms with Gasteiger partial charge in [0.05, 0.1) is 0 Å². The quantitative estimate of drug-likeness (QED) is 0.694. The second kappa shape index (κ2) is 5.79. The molecule has 1 N–H and O–H groups in total. The van der Waals surface area contributed by atoms with Crippen LogP contribution in [0.15, 0.2) is 39.6 Å². The summed E-state index contributed by atoms with van der Waals surface area (Å²) in [5.74, 6) is -0.686. The third-order valence-corrected chi connectivity index (χ3v) is 3.15. The Hall–Kier alpha value is -2.62. The third kappa shape index (κ3) is 3.28. The number of aryl methyl sites for hydroxylation is 3. The van der Waals surface area contributed by atoms with Crippen molar-refractivity contribution in [3.63, 3.8) is 0 Å². The van der Waals surface area contributed by atoms with Gasteiger partial charge in [0.2, 0.25) is 0 Å². The summed E-state index contributed by atoms with van der Waals surface area (Å²) < 4.78 is 4.83. The van der Waals surface area contributed by atoms with Crippen LogP contribution in [0.1, 0.15) is 32.8 Å². The third-order valence-electron chi connectivity index (χ3n) is 3.15. The Bertz CT molecular complexity index is 782. The summed E-state index contributed by atoms with van der Waals surface area (Å²) in [5.41, 5.74) is 1.81. The Labute approximate surface area is 122 Å². The Morgan fingerprint density at radius 2 is 1.90 bits per heavy atom. The van der Waals surface area contributed by atoms with Gasteiger partial charge in [0.1, 0.15) is 17.1 Å². The van der Waals surface area contributed by atoms with E-state index in [1.54, 1.807) is 6.08 Å². The topological polar surface area (TPSA) is 67.5 Å². The maximum Gasteiger partial charge on any atom is 0.351 e. The standard InChI is InChI=1S/C17H16O4/c1-10-4-5-11(2)13(8-10)6-7-14(18)16-15(19)9-12(3)21-17(16)20/h4-9,19H,1-3H3/b7-6+. The van der Waals surface area contributed by atoms with Crippen molar-refractivity contribution in [1.82, 2.24) is 0 Å². The fourth-order valence-corrected chi connectivity index (χ4v) is 2.01. The molecular weight excluding hydrogens is 268 g/mol. The van der Waals surface area contributed by atoms with Gasteiger partial charge in [-0.25, -0.2) is 4.79 Å². The Balaban J connectivity index is 2.36. The van der Waals surface area contributed by atoms with Crippen molar-refractivity contribution >= 4 is 11.9 Å². The number of carbonyl (C=O) groups is 1.